The molecule has 7 heteroatoms. The number of fused-ring (bicyclic) bond motifs is 2. The zero-order valence-corrected chi connectivity index (χ0v) is 18.0. The second kappa shape index (κ2) is 7.25. The van der Waals surface area contributed by atoms with Gasteiger partial charge in [-0.15, -0.1) is 0 Å². The number of hydrogen-bond acceptors (Lipinski definition) is 4. The highest BCUT2D eigenvalue weighted by molar-refractivity contribution is 6.08. The van der Waals surface area contributed by atoms with Gasteiger partial charge >= 0.3 is 0 Å². The summed E-state index contributed by atoms with van der Waals surface area (Å²) in [6.45, 7) is 3.30. The minimum Gasteiger partial charge on any atom is -0.378 e. The van der Waals surface area contributed by atoms with Gasteiger partial charge in [-0.25, -0.2) is 4.39 Å². The van der Waals surface area contributed by atoms with Gasteiger partial charge in [-0.1, -0.05) is 30.3 Å². The molecule has 1 unspecified atom stereocenters. The van der Waals surface area contributed by atoms with Crippen LogP contribution in [0.15, 0.2) is 54.9 Å². The molecule has 1 spiro atoms. The van der Waals surface area contributed by atoms with Crippen molar-refractivity contribution in [2.45, 2.75) is 24.4 Å². The number of aromatic nitrogens is 2. The third kappa shape index (κ3) is 2.92. The molecular weight excluding hydrogens is 407 g/mol. The lowest BCUT2D eigenvalue weighted by molar-refractivity contribution is -0.123. The molecule has 6 rings (SSSR count). The first-order valence-electron chi connectivity index (χ1n) is 11.1. The molecule has 2 saturated heterocycles. The predicted octanol–water partition coefficient (Wildman–Crippen LogP) is 3.12. The first-order chi connectivity index (χ1) is 15.5. The molecule has 0 saturated carbocycles. The third-order valence-electron chi connectivity index (χ3n) is 7.22. The molecule has 0 bridgehead atoms. The third-order valence-corrected chi connectivity index (χ3v) is 7.22. The van der Waals surface area contributed by atoms with E-state index < -0.39 is 5.41 Å². The predicted molar refractivity (Wildman–Crippen MR) is 119 cm³/mol. The van der Waals surface area contributed by atoms with E-state index in [4.69, 9.17) is 4.74 Å². The zero-order chi connectivity index (χ0) is 21.9. The Morgan fingerprint density at radius 3 is 2.75 bits per heavy atom. The second-order valence-electron chi connectivity index (χ2n) is 9.11. The fourth-order valence-electron chi connectivity index (χ4n) is 5.33. The molecule has 0 aliphatic carbocycles. The number of likely N-dealkylation sites (tertiary alicyclic amines) is 1. The second-order valence-corrected chi connectivity index (χ2v) is 9.11. The van der Waals surface area contributed by atoms with Gasteiger partial charge in [0.15, 0.2) is 0 Å². The molecule has 3 aromatic rings. The standard InChI is InChI=1S/C25H25FN4O2/c1-28-12-19(11-27-28)17-6-7-18(22(26)10-17)13-30-23-5-3-2-4-21(23)25(24(30)31)8-9-29(16-25)20-14-32-15-20/h2-7,10-12,20H,8-9,13-16H2,1H3. The Balaban J connectivity index is 1.31. The average molecular weight is 432 g/mol. The van der Waals surface area contributed by atoms with Crippen LogP contribution in [-0.2, 0) is 28.5 Å². The number of carbonyl (C=O) groups excluding carboxylic acids is 1. The van der Waals surface area contributed by atoms with E-state index in [-0.39, 0.29) is 18.3 Å². The van der Waals surface area contributed by atoms with Crippen LogP contribution in [0.5, 0.6) is 0 Å². The normalized spacial score (nSPS) is 23.2. The van der Waals surface area contributed by atoms with Crippen LogP contribution in [0.1, 0.15) is 17.5 Å². The Labute approximate surface area is 186 Å². The zero-order valence-electron chi connectivity index (χ0n) is 18.0. The number of amides is 1. The quantitative estimate of drug-likeness (QED) is 0.636. The largest absolute Gasteiger partial charge is 0.378 e. The molecule has 0 N–H and O–H groups in total. The molecular formula is C25H25FN4O2. The lowest BCUT2D eigenvalue weighted by atomic mass is 9.81. The Morgan fingerprint density at radius 2 is 2.03 bits per heavy atom. The van der Waals surface area contributed by atoms with Crippen molar-refractivity contribution in [1.82, 2.24) is 14.7 Å². The van der Waals surface area contributed by atoms with Crippen molar-refractivity contribution in [1.29, 1.82) is 0 Å². The number of para-hydroxylation sites is 1. The van der Waals surface area contributed by atoms with Crippen LogP contribution in [0.4, 0.5) is 10.1 Å². The molecule has 2 fully saturated rings. The average Bonchev–Trinajstić information content (AvgIpc) is 3.43. The Bertz CT molecular complexity index is 1200. The maximum atomic E-state index is 15.1. The molecule has 3 aliphatic rings. The van der Waals surface area contributed by atoms with Gasteiger partial charge in [0.2, 0.25) is 5.91 Å². The highest BCUT2D eigenvalue weighted by atomic mass is 19.1. The van der Waals surface area contributed by atoms with Crippen molar-refractivity contribution < 1.29 is 13.9 Å². The van der Waals surface area contributed by atoms with Crippen LogP contribution < -0.4 is 4.90 Å². The van der Waals surface area contributed by atoms with Crippen molar-refractivity contribution in [2.75, 3.05) is 31.2 Å². The van der Waals surface area contributed by atoms with Crippen molar-refractivity contribution in [3.63, 3.8) is 0 Å². The summed E-state index contributed by atoms with van der Waals surface area (Å²) < 4.78 is 22.2. The summed E-state index contributed by atoms with van der Waals surface area (Å²) in [7, 11) is 1.84. The monoisotopic (exact) mass is 432 g/mol. The summed E-state index contributed by atoms with van der Waals surface area (Å²) in [6.07, 6.45) is 4.37. The summed E-state index contributed by atoms with van der Waals surface area (Å²) in [4.78, 5) is 18.0. The van der Waals surface area contributed by atoms with Gasteiger partial charge < -0.3 is 9.64 Å². The van der Waals surface area contributed by atoms with E-state index in [1.165, 1.54) is 6.07 Å². The number of aryl methyl sites for hydroxylation is 1. The minimum absolute atomic E-state index is 0.0807. The first-order valence-corrected chi connectivity index (χ1v) is 11.1. The molecule has 164 valence electrons. The number of benzene rings is 2. The van der Waals surface area contributed by atoms with E-state index in [0.29, 0.717) is 18.2 Å². The maximum Gasteiger partial charge on any atom is 0.239 e. The summed E-state index contributed by atoms with van der Waals surface area (Å²) >= 11 is 0. The number of rotatable bonds is 4. The number of carbonyl (C=O) groups is 1. The van der Waals surface area contributed by atoms with Gasteiger partial charge in [-0.2, -0.15) is 5.10 Å². The van der Waals surface area contributed by atoms with Crippen molar-refractivity contribution in [2.24, 2.45) is 7.05 Å². The summed E-state index contributed by atoms with van der Waals surface area (Å²) in [5.41, 5.74) is 3.59. The van der Waals surface area contributed by atoms with Crippen molar-refractivity contribution >= 4 is 11.6 Å². The topological polar surface area (TPSA) is 50.6 Å². The lowest BCUT2D eigenvalue weighted by Crippen LogP contribution is -2.50. The maximum absolute atomic E-state index is 15.1. The van der Waals surface area contributed by atoms with E-state index >= 15 is 4.39 Å². The van der Waals surface area contributed by atoms with Gasteiger partial charge in [0.05, 0.1) is 37.4 Å². The van der Waals surface area contributed by atoms with Crippen LogP contribution in [0, 0.1) is 5.82 Å². The van der Waals surface area contributed by atoms with Gasteiger partial charge in [0.25, 0.3) is 0 Å². The van der Waals surface area contributed by atoms with E-state index in [2.05, 4.69) is 16.1 Å². The molecule has 0 radical (unpaired) electrons. The van der Waals surface area contributed by atoms with E-state index in [0.717, 1.165) is 48.6 Å². The number of hydrogen-bond donors (Lipinski definition) is 0. The van der Waals surface area contributed by atoms with E-state index in [1.54, 1.807) is 21.8 Å². The smallest absolute Gasteiger partial charge is 0.239 e. The van der Waals surface area contributed by atoms with Crippen molar-refractivity contribution in [3.05, 3.63) is 71.8 Å². The van der Waals surface area contributed by atoms with Gasteiger partial charge in [-0.3, -0.25) is 14.4 Å². The lowest BCUT2D eigenvalue weighted by Gasteiger charge is -2.35. The van der Waals surface area contributed by atoms with E-state index in [1.807, 2.05) is 37.5 Å². The molecule has 4 heterocycles. The Kier molecular flexibility index (Phi) is 4.45. The minimum atomic E-state index is -0.543. The Hall–Kier alpha value is -3.03. The van der Waals surface area contributed by atoms with Crippen LogP contribution >= 0.6 is 0 Å². The highest BCUT2D eigenvalue weighted by Crippen LogP contribution is 2.48. The van der Waals surface area contributed by atoms with Crippen LogP contribution in [0.3, 0.4) is 0 Å². The number of ether oxygens (including phenoxy) is 1. The summed E-state index contributed by atoms with van der Waals surface area (Å²) in [5, 5.41) is 4.16. The molecule has 2 aromatic carbocycles. The van der Waals surface area contributed by atoms with Crippen LogP contribution in [-0.4, -0.2) is 52.9 Å². The number of halogens is 1. The molecule has 1 atom stereocenters. The summed E-state index contributed by atoms with van der Waals surface area (Å²) in [6, 6.07) is 13.6. The van der Waals surface area contributed by atoms with E-state index in [9.17, 15) is 4.79 Å². The molecule has 6 nitrogen and oxygen atoms in total. The first kappa shape index (κ1) is 19.6. The molecule has 1 amide bonds. The van der Waals surface area contributed by atoms with Crippen LogP contribution in [0.2, 0.25) is 0 Å². The Morgan fingerprint density at radius 1 is 1.19 bits per heavy atom. The molecule has 1 aromatic heterocycles. The van der Waals surface area contributed by atoms with Crippen molar-refractivity contribution in [3.8, 4) is 11.1 Å². The van der Waals surface area contributed by atoms with Gasteiger partial charge in [0, 0.05) is 43.1 Å². The SMILES string of the molecule is Cn1cc(-c2ccc(CN3C(=O)C4(CCN(C5COC5)C4)c4ccccc43)c(F)c2)cn1. The fourth-order valence-corrected chi connectivity index (χ4v) is 5.33. The number of anilines is 1. The van der Waals surface area contributed by atoms with Gasteiger partial charge in [-0.05, 0) is 29.7 Å². The molecule has 3 aliphatic heterocycles. The van der Waals surface area contributed by atoms with Gasteiger partial charge in [0.1, 0.15) is 5.82 Å². The highest BCUT2D eigenvalue weighted by Gasteiger charge is 2.55. The summed E-state index contributed by atoms with van der Waals surface area (Å²) in [5.74, 6) is -0.227. The van der Waals surface area contributed by atoms with Crippen LogP contribution in [0.25, 0.3) is 11.1 Å². The number of nitrogens with zero attached hydrogens (tertiary/aromatic N) is 4. The molecule has 32 heavy (non-hydrogen) atoms. The fraction of sp³-hybridized carbons (Fsp3) is 0.360.